The summed E-state index contributed by atoms with van der Waals surface area (Å²) in [6.07, 6.45) is 0.946. The summed E-state index contributed by atoms with van der Waals surface area (Å²) < 4.78 is 0. The van der Waals surface area contributed by atoms with Gasteiger partial charge < -0.3 is 22.8 Å². The summed E-state index contributed by atoms with van der Waals surface area (Å²) in [5.74, 6) is -0.116. The number of quaternary nitrogens is 1. The number of benzene rings is 1. The van der Waals surface area contributed by atoms with Gasteiger partial charge in [-0.15, -0.1) is 0 Å². The number of aliphatic hydroxyl groups is 1. The molecule has 0 aromatic heterocycles. The molecule has 122 valence electrons. The third-order valence-electron chi connectivity index (χ3n) is 3.92. The van der Waals surface area contributed by atoms with E-state index >= 15 is 0 Å². The van der Waals surface area contributed by atoms with Crippen molar-refractivity contribution in [1.82, 2.24) is 4.90 Å². The summed E-state index contributed by atoms with van der Waals surface area (Å²) in [7, 11) is 0. The first kappa shape index (κ1) is 18.6. The van der Waals surface area contributed by atoms with Gasteiger partial charge in [-0.3, -0.25) is 14.5 Å². The van der Waals surface area contributed by atoms with Gasteiger partial charge in [0.15, 0.2) is 0 Å². The van der Waals surface area contributed by atoms with E-state index in [0.29, 0.717) is 19.4 Å². The summed E-state index contributed by atoms with van der Waals surface area (Å²) in [5.41, 5.74) is 0.908. The highest BCUT2D eigenvalue weighted by Crippen LogP contribution is 2.14. The Kier molecular flexibility index (Phi) is 7.51. The van der Waals surface area contributed by atoms with Crippen LogP contribution in [-0.4, -0.2) is 41.0 Å². The first-order chi connectivity index (χ1) is 10.1. The number of amides is 2. The van der Waals surface area contributed by atoms with Crippen molar-refractivity contribution in [1.29, 1.82) is 0 Å². The lowest BCUT2D eigenvalue weighted by Crippen LogP contribution is -3.00. The second-order valence-electron chi connectivity index (χ2n) is 5.53. The maximum absolute atomic E-state index is 11.5. The van der Waals surface area contributed by atoms with Crippen LogP contribution in [0.3, 0.4) is 0 Å². The number of carbonyl (C=O) groups is 2. The van der Waals surface area contributed by atoms with Gasteiger partial charge in [0.25, 0.3) is 0 Å². The zero-order valence-corrected chi connectivity index (χ0v) is 13.5. The van der Waals surface area contributed by atoms with Crippen molar-refractivity contribution in [2.24, 2.45) is 0 Å². The van der Waals surface area contributed by atoms with Crippen molar-refractivity contribution < 1.29 is 32.4 Å². The molecule has 2 atom stereocenters. The van der Waals surface area contributed by atoms with Crippen LogP contribution < -0.4 is 17.7 Å². The van der Waals surface area contributed by atoms with Crippen LogP contribution in [0.25, 0.3) is 0 Å². The van der Waals surface area contributed by atoms with Crippen molar-refractivity contribution in [3.8, 4) is 0 Å². The van der Waals surface area contributed by atoms with Crippen LogP contribution in [-0.2, 0) is 9.59 Å². The Morgan fingerprint density at radius 3 is 2.36 bits per heavy atom. The number of halogens is 1. The molecule has 1 heterocycles. The molecule has 0 saturated carbocycles. The molecule has 22 heavy (non-hydrogen) atoms. The molecule has 2 unspecified atom stereocenters. The number of imide groups is 1. The van der Waals surface area contributed by atoms with Gasteiger partial charge in [0.1, 0.15) is 12.1 Å². The highest BCUT2D eigenvalue weighted by Gasteiger charge is 2.28. The molecule has 2 amide bonds. The van der Waals surface area contributed by atoms with Gasteiger partial charge >= 0.3 is 0 Å². The zero-order chi connectivity index (χ0) is 15.2. The molecular formula is C16H23ClN2O3. The molecule has 1 aromatic rings. The monoisotopic (exact) mass is 326 g/mol. The second-order valence-corrected chi connectivity index (χ2v) is 5.53. The van der Waals surface area contributed by atoms with E-state index in [9.17, 15) is 14.7 Å². The van der Waals surface area contributed by atoms with E-state index in [1.807, 2.05) is 37.3 Å². The summed E-state index contributed by atoms with van der Waals surface area (Å²) in [6.45, 7) is 3.24. The van der Waals surface area contributed by atoms with E-state index < -0.39 is 6.10 Å². The first-order valence-electron chi connectivity index (χ1n) is 7.49. The van der Waals surface area contributed by atoms with E-state index in [-0.39, 0.29) is 30.3 Å². The molecule has 0 bridgehead atoms. The maximum Gasteiger partial charge on any atom is 0.229 e. The summed E-state index contributed by atoms with van der Waals surface area (Å²) in [4.78, 5) is 24.3. The highest BCUT2D eigenvalue weighted by molar-refractivity contribution is 6.01. The van der Waals surface area contributed by atoms with Crippen molar-refractivity contribution in [3.63, 3.8) is 0 Å². The lowest BCUT2D eigenvalue weighted by molar-refractivity contribution is -0.694. The third-order valence-corrected chi connectivity index (χ3v) is 3.92. The van der Waals surface area contributed by atoms with Crippen molar-refractivity contribution >= 4 is 11.8 Å². The Hall–Kier alpha value is -1.43. The van der Waals surface area contributed by atoms with Gasteiger partial charge in [-0.05, 0) is 12.5 Å². The van der Waals surface area contributed by atoms with Crippen molar-refractivity contribution in [2.45, 2.75) is 38.3 Å². The molecule has 5 nitrogen and oxygen atoms in total. The standard InChI is InChI=1S/C16H22N2O3.ClH/c1-12(16(21)13-6-3-2-4-7-13)17-10-5-11-18-14(19)8-9-15(18)20;/h2-4,6-7,12,16-17,21H,5,8-11H2,1H3;1H. The molecular weight excluding hydrogens is 304 g/mol. The van der Waals surface area contributed by atoms with Gasteiger partial charge in [-0.2, -0.15) is 0 Å². The fraction of sp³-hybridized carbons (Fsp3) is 0.500. The minimum absolute atomic E-state index is 0. The number of likely N-dealkylation sites (tertiary alicyclic amines) is 1. The molecule has 0 radical (unpaired) electrons. The average molecular weight is 327 g/mol. The first-order valence-corrected chi connectivity index (χ1v) is 7.49. The number of carbonyl (C=O) groups excluding carboxylic acids is 2. The van der Waals surface area contributed by atoms with Crippen LogP contribution in [0.15, 0.2) is 30.3 Å². The quantitative estimate of drug-likeness (QED) is 0.420. The zero-order valence-electron chi connectivity index (χ0n) is 12.7. The van der Waals surface area contributed by atoms with Crippen LogP contribution >= 0.6 is 0 Å². The molecule has 2 rings (SSSR count). The van der Waals surface area contributed by atoms with Gasteiger partial charge in [0, 0.05) is 25.8 Å². The largest absolute Gasteiger partial charge is 1.00 e. The van der Waals surface area contributed by atoms with E-state index in [2.05, 4.69) is 5.32 Å². The Morgan fingerprint density at radius 2 is 1.77 bits per heavy atom. The number of rotatable bonds is 7. The number of aliphatic hydroxyl groups excluding tert-OH is 1. The fourth-order valence-corrected chi connectivity index (χ4v) is 2.59. The number of hydrogen-bond acceptors (Lipinski definition) is 3. The lowest BCUT2D eigenvalue weighted by Gasteiger charge is -2.18. The molecule has 1 aliphatic heterocycles. The topological polar surface area (TPSA) is 74.2 Å². The lowest BCUT2D eigenvalue weighted by atomic mass is 10.0. The summed E-state index contributed by atoms with van der Waals surface area (Å²) >= 11 is 0. The minimum Gasteiger partial charge on any atom is -1.00 e. The van der Waals surface area contributed by atoms with Crippen LogP contribution in [0.2, 0.25) is 0 Å². The smallest absolute Gasteiger partial charge is 0.229 e. The molecule has 3 N–H and O–H groups in total. The van der Waals surface area contributed by atoms with Crippen molar-refractivity contribution in [2.75, 3.05) is 13.1 Å². The van der Waals surface area contributed by atoms with E-state index in [1.165, 1.54) is 4.90 Å². The van der Waals surface area contributed by atoms with Gasteiger partial charge in [0.05, 0.1) is 6.54 Å². The Bertz CT molecular complexity index is 479. The number of hydrogen-bond donors (Lipinski definition) is 2. The van der Waals surface area contributed by atoms with Crippen LogP contribution in [0.5, 0.6) is 0 Å². The Balaban J connectivity index is 0.00000242. The van der Waals surface area contributed by atoms with Crippen LogP contribution in [0.4, 0.5) is 0 Å². The maximum atomic E-state index is 11.5. The third kappa shape index (κ3) is 4.80. The average Bonchev–Trinajstić information content (AvgIpc) is 2.82. The van der Waals surface area contributed by atoms with Gasteiger partial charge in [-0.25, -0.2) is 0 Å². The van der Waals surface area contributed by atoms with E-state index in [4.69, 9.17) is 0 Å². The van der Waals surface area contributed by atoms with Crippen molar-refractivity contribution in [3.05, 3.63) is 35.9 Å². The number of nitrogens with zero attached hydrogens (tertiary/aromatic N) is 1. The van der Waals surface area contributed by atoms with Gasteiger partial charge in [-0.1, -0.05) is 30.3 Å². The normalized spacial score (nSPS) is 17.3. The van der Waals surface area contributed by atoms with E-state index in [1.54, 1.807) is 0 Å². The summed E-state index contributed by atoms with van der Waals surface area (Å²) in [6, 6.07) is 9.62. The molecule has 0 spiro atoms. The minimum atomic E-state index is -0.513. The SMILES string of the molecule is CC([NH2+]CCCN1C(=O)CCC1=O)C(O)c1ccccc1.[Cl-]. The molecule has 1 saturated heterocycles. The Morgan fingerprint density at radius 1 is 1.18 bits per heavy atom. The number of nitrogens with two attached hydrogens (primary N) is 1. The molecule has 6 heteroatoms. The predicted octanol–water partition coefficient (Wildman–Crippen LogP) is -2.78. The summed E-state index contributed by atoms with van der Waals surface area (Å²) in [5, 5.41) is 12.3. The van der Waals surface area contributed by atoms with Crippen LogP contribution in [0.1, 0.15) is 37.9 Å². The van der Waals surface area contributed by atoms with Gasteiger partial charge in [0.2, 0.25) is 11.8 Å². The second kappa shape index (κ2) is 8.88. The predicted molar refractivity (Wildman–Crippen MR) is 78.2 cm³/mol. The van der Waals surface area contributed by atoms with Crippen LogP contribution in [0, 0.1) is 0 Å². The fourth-order valence-electron chi connectivity index (χ4n) is 2.59. The molecule has 1 aliphatic rings. The molecule has 1 fully saturated rings. The van der Waals surface area contributed by atoms with E-state index in [0.717, 1.165) is 18.5 Å². The molecule has 0 aliphatic carbocycles. The Labute approximate surface area is 137 Å². The highest BCUT2D eigenvalue weighted by atomic mass is 35.5. The molecule has 1 aromatic carbocycles.